The van der Waals surface area contributed by atoms with Gasteiger partial charge in [-0.25, -0.2) is 0 Å². The second-order valence-electron chi connectivity index (χ2n) is 10.1. The number of amides is 2. The summed E-state index contributed by atoms with van der Waals surface area (Å²) in [6.45, 7) is 16.4. The van der Waals surface area contributed by atoms with Gasteiger partial charge in [-0.2, -0.15) is 0 Å². The molecule has 0 aromatic heterocycles. The number of ether oxygens (including phenoxy) is 1. The molecule has 212 valence electrons. The van der Waals surface area contributed by atoms with E-state index in [1.165, 1.54) is 0 Å². The van der Waals surface area contributed by atoms with E-state index in [0.29, 0.717) is 0 Å². The van der Waals surface area contributed by atoms with Crippen molar-refractivity contribution in [2.75, 3.05) is 44.2 Å². The van der Waals surface area contributed by atoms with Crippen LogP contribution >= 0.6 is 0 Å². The molecule has 0 atom stereocenters. The van der Waals surface area contributed by atoms with Crippen LogP contribution in [0.3, 0.4) is 0 Å². The largest absolute Gasteiger partial charge is 0.490 e. The minimum absolute atomic E-state index is 0.0923. The van der Waals surface area contributed by atoms with Crippen molar-refractivity contribution in [1.29, 1.82) is 0 Å². The van der Waals surface area contributed by atoms with Crippen molar-refractivity contribution >= 4 is 17.5 Å². The van der Waals surface area contributed by atoms with Gasteiger partial charge in [-0.1, -0.05) is 73.3 Å². The minimum atomic E-state index is 0.0923. The molecule has 0 unspecified atom stereocenters. The second-order valence-corrected chi connectivity index (χ2v) is 10.1. The zero-order chi connectivity index (χ0) is 27.5. The Hall–Kier alpha value is -2.24. The number of carbonyl (C=O) groups excluding carboxylic acids is 2. The summed E-state index contributed by atoms with van der Waals surface area (Å²) in [4.78, 5) is 33.0. The molecule has 1 aromatic carbocycles. The molecule has 0 aliphatic carbocycles. The number of anilines is 1. The third kappa shape index (κ3) is 12.7. The molecule has 6 nitrogen and oxygen atoms in total. The zero-order valence-corrected chi connectivity index (χ0v) is 24.8. The fraction of sp³-hybridized carbons (Fsp3) is 0.742. The number of hydrogen-bond acceptors (Lipinski definition) is 4. The summed E-state index contributed by atoms with van der Waals surface area (Å²) in [5, 5.41) is 0. The molecular formula is C31H55N3O3. The van der Waals surface area contributed by atoms with Gasteiger partial charge in [0.1, 0.15) is 5.75 Å². The van der Waals surface area contributed by atoms with E-state index >= 15 is 0 Å². The van der Waals surface area contributed by atoms with Gasteiger partial charge in [0.2, 0.25) is 11.8 Å². The molecule has 1 rings (SSSR count). The van der Waals surface area contributed by atoms with Crippen LogP contribution in [0.2, 0.25) is 0 Å². The van der Waals surface area contributed by atoms with Crippen molar-refractivity contribution in [3.63, 3.8) is 0 Å². The average Bonchev–Trinajstić information content (AvgIpc) is 2.91. The zero-order valence-electron chi connectivity index (χ0n) is 24.8. The summed E-state index contributed by atoms with van der Waals surface area (Å²) < 4.78 is 6.20. The van der Waals surface area contributed by atoms with Crippen molar-refractivity contribution in [3.8, 4) is 5.75 Å². The lowest BCUT2D eigenvalue weighted by Gasteiger charge is -2.31. The van der Waals surface area contributed by atoms with E-state index in [2.05, 4.69) is 41.5 Å². The Morgan fingerprint density at radius 3 is 1.51 bits per heavy atom. The van der Waals surface area contributed by atoms with E-state index in [-0.39, 0.29) is 31.0 Å². The van der Waals surface area contributed by atoms with E-state index in [0.717, 1.165) is 102 Å². The summed E-state index contributed by atoms with van der Waals surface area (Å²) in [6, 6.07) is 7.91. The van der Waals surface area contributed by atoms with E-state index in [1.54, 1.807) is 0 Å². The van der Waals surface area contributed by atoms with Crippen LogP contribution in [0.4, 0.5) is 5.69 Å². The number of unbranched alkanes of at least 4 members (excludes halogenated alkanes) is 4. The maximum atomic E-state index is 13.5. The summed E-state index contributed by atoms with van der Waals surface area (Å²) in [5.74, 6) is 0.975. The molecule has 0 aliphatic heterocycles. The lowest BCUT2D eigenvalue weighted by atomic mass is 10.2. The monoisotopic (exact) mass is 517 g/mol. The molecule has 0 saturated heterocycles. The van der Waals surface area contributed by atoms with Gasteiger partial charge in [0.15, 0.2) is 0 Å². The van der Waals surface area contributed by atoms with Gasteiger partial charge in [0, 0.05) is 37.9 Å². The summed E-state index contributed by atoms with van der Waals surface area (Å²) in [5.41, 5.74) is 0.863. The molecule has 0 aliphatic rings. The number of hydrogen-bond donors (Lipinski definition) is 0. The predicted octanol–water partition coefficient (Wildman–Crippen LogP) is 6.92. The molecule has 6 heteroatoms. The van der Waals surface area contributed by atoms with Crippen LogP contribution in [-0.4, -0.2) is 67.0 Å². The Bertz CT molecular complexity index is 701. The van der Waals surface area contributed by atoms with Gasteiger partial charge in [-0.3, -0.25) is 9.59 Å². The Balaban J connectivity index is 3.21. The average molecular weight is 518 g/mol. The Morgan fingerprint density at radius 2 is 1.14 bits per heavy atom. The van der Waals surface area contributed by atoms with E-state index in [1.807, 2.05) is 39.0 Å². The number of carbonyl (C=O) groups is 2. The predicted molar refractivity (Wildman–Crippen MR) is 156 cm³/mol. The van der Waals surface area contributed by atoms with Gasteiger partial charge in [-0.15, -0.1) is 0 Å². The molecular weight excluding hydrogens is 462 g/mol. The van der Waals surface area contributed by atoms with Crippen LogP contribution < -0.4 is 9.64 Å². The van der Waals surface area contributed by atoms with Crippen molar-refractivity contribution in [2.45, 2.75) is 112 Å². The standard InChI is InChI=1S/C31H55N3O3/c1-7-13-20-32(21-14-8-2)30(35)25-34(26-31(36)33(22-15-9-3)23-16-10-4)27-18-17-19-29(24-27)37-28(11-5)12-6/h17-19,24,28H,7-16,20-23,25-26H2,1-6H3. The first-order valence-corrected chi connectivity index (χ1v) is 15.0. The molecule has 0 saturated carbocycles. The normalized spacial score (nSPS) is 11.0. The van der Waals surface area contributed by atoms with Gasteiger partial charge >= 0.3 is 0 Å². The maximum absolute atomic E-state index is 13.5. The first kappa shape index (κ1) is 32.8. The van der Waals surface area contributed by atoms with E-state index in [4.69, 9.17) is 4.74 Å². The summed E-state index contributed by atoms with van der Waals surface area (Å²) in [6.07, 6.45) is 10.2. The lowest BCUT2D eigenvalue weighted by molar-refractivity contribution is -0.130. The highest BCUT2D eigenvalue weighted by Crippen LogP contribution is 2.24. The molecule has 0 radical (unpaired) electrons. The van der Waals surface area contributed by atoms with Crippen LogP contribution in [0.1, 0.15) is 106 Å². The second kappa shape index (κ2) is 19.8. The number of benzene rings is 1. The lowest BCUT2D eigenvalue weighted by Crippen LogP contribution is -2.46. The van der Waals surface area contributed by atoms with Crippen molar-refractivity contribution in [1.82, 2.24) is 9.80 Å². The third-order valence-electron chi connectivity index (χ3n) is 6.88. The van der Waals surface area contributed by atoms with Crippen molar-refractivity contribution in [2.24, 2.45) is 0 Å². The SMILES string of the molecule is CCCCN(CCCC)C(=O)CN(CC(=O)N(CCCC)CCCC)c1cccc(OC(CC)CC)c1. The molecule has 0 N–H and O–H groups in total. The molecule has 0 bridgehead atoms. The minimum Gasteiger partial charge on any atom is -0.490 e. The highest BCUT2D eigenvalue weighted by Gasteiger charge is 2.23. The number of rotatable bonds is 21. The van der Waals surface area contributed by atoms with Gasteiger partial charge in [0.05, 0.1) is 19.2 Å². The number of nitrogens with zero attached hydrogens (tertiary/aromatic N) is 3. The quantitative estimate of drug-likeness (QED) is 0.178. The first-order chi connectivity index (χ1) is 17.9. The Labute approximate surface area is 227 Å². The highest BCUT2D eigenvalue weighted by molar-refractivity contribution is 5.86. The molecule has 0 spiro atoms. The van der Waals surface area contributed by atoms with Gasteiger partial charge in [-0.05, 0) is 50.7 Å². The fourth-order valence-corrected chi connectivity index (χ4v) is 4.28. The first-order valence-electron chi connectivity index (χ1n) is 15.0. The molecule has 0 fully saturated rings. The smallest absolute Gasteiger partial charge is 0.242 e. The van der Waals surface area contributed by atoms with E-state index in [9.17, 15) is 9.59 Å². The van der Waals surface area contributed by atoms with Crippen LogP contribution in [0.5, 0.6) is 5.75 Å². The molecule has 37 heavy (non-hydrogen) atoms. The van der Waals surface area contributed by atoms with Crippen LogP contribution in [0.25, 0.3) is 0 Å². The van der Waals surface area contributed by atoms with Crippen LogP contribution in [0.15, 0.2) is 24.3 Å². The maximum Gasteiger partial charge on any atom is 0.242 e. The summed E-state index contributed by atoms with van der Waals surface area (Å²) >= 11 is 0. The van der Waals surface area contributed by atoms with Gasteiger partial charge < -0.3 is 19.4 Å². The topological polar surface area (TPSA) is 53.1 Å². The van der Waals surface area contributed by atoms with Crippen molar-refractivity contribution in [3.05, 3.63) is 24.3 Å². The summed E-state index contributed by atoms with van der Waals surface area (Å²) in [7, 11) is 0. The van der Waals surface area contributed by atoms with Crippen LogP contribution in [-0.2, 0) is 9.59 Å². The fourth-order valence-electron chi connectivity index (χ4n) is 4.28. The third-order valence-corrected chi connectivity index (χ3v) is 6.88. The van der Waals surface area contributed by atoms with Gasteiger partial charge in [0.25, 0.3) is 0 Å². The van der Waals surface area contributed by atoms with Crippen molar-refractivity contribution < 1.29 is 14.3 Å². The highest BCUT2D eigenvalue weighted by atomic mass is 16.5. The Morgan fingerprint density at radius 1 is 0.703 bits per heavy atom. The molecule has 0 heterocycles. The van der Waals surface area contributed by atoms with E-state index < -0.39 is 0 Å². The Kier molecular flexibility index (Phi) is 17.6. The van der Waals surface area contributed by atoms with Crippen LogP contribution in [0, 0.1) is 0 Å². The molecule has 1 aromatic rings. The molecule has 2 amide bonds.